The maximum absolute atomic E-state index is 11.4. The van der Waals surface area contributed by atoms with Gasteiger partial charge >= 0.3 is 5.97 Å². The van der Waals surface area contributed by atoms with E-state index in [9.17, 15) is 9.00 Å². The van der Waals surface area contributed by atoms with Crippen molar-refractivity contribution in [2.75, 3.05) is 6.26 Å². The minimum atomic E-state index is -1.19. The number of ether oxygens (including phenoxy) is 1. The molecule has 0 spiro atoms. The van der Waals surface area contributed by atoms with Crippen LogP contribution in [0.25, 0.3) is 11.1 Å². The zero-order valence-electron chi connectivity index (χ0n) is 12.6. The summed E-state index contributed by atoms with van der Waals surface area (Å²) in [6.45, 7) is 0. The third-order valence-corrected chi connectivity index (χ3v) is 4.25. The Kier molecular flexibility index (Phi) is 4.39. The molecule has 0 saturated carbocycles. The van der Waals surface area contributed by atoms with Gasteiger partial charge in [0.1, 0.15) is 5.75 Å². The summed E-state index contributed by atoms with van der Waals surface area (Å²) in [6, 6.07) is 14.5. The van der Waals surface area contributed by atoms with E-state index >= 15 is 0 Å². The van der Waals surface area contributed by atoms with Crippen LogP contribution in [0.5, 0.6) is 11.6 Å². The highest BCUT2D eigenvalue weighted by molar-refractivity contribution is 7.84. The number of H-pyrrole nitrogens is 1. The molecule has 2 N–H and O–H groups in total. The van der Waals surface area contributed by atoms with E-state index in [2.05, 4.69) is 15.4 Å². The molecule has 7 nitrogen and oxygen atoms in total. The molecule has 0 radical (unpaired) electrons. The number of benzene rings is 2. The number of nitrogens with one attached hydrogen (secondary N) is 1. The predicted molar refractivity (Wildman–Crippen MR) is 87.6 cm³/mol. The van der Waals surface area contributed by atoms with E-state index < -0.39 is 16.8 Å². The van der Waals surface area contributed by atoms with Crippen LogP contribution in [0.15, 0.2) is 53.4 Å². The first-order valence-electron chi connectivity index (χ1n) is 6.90. The molecule has 1 atom stereocenters. The van der Waals surface area contributed by atoms with Crippen LogP contribution in [0, 0.1) is 0 Å². The molecule has 0 aliphatic heterocycles. The smallest absolute Gasteiger partial charge is 0.359 e. The standard InChI is InChI=1S/C16H13N3O4S/c1-24(22)13-8-4-11(5-9-13)10-2-6-12(7-3-10)23-15-14(16(20)21)17-19-18-15/h2-9H,1H3,(H,20,21)(H,17,18,19). The normalized spacial score (nSPS) is 11.9. The number of carboxylic acids is 1. The van der Waals surface area contributed by atoms with Crippen LogP contribution >= 0.6 is 0 Å². The largest absolute Gasteiger partial charge is 0.476 e. The second kappa shape index (κ2) is 6.63. The van der Waals surface area contributed by atoms with Crippen molar-refractivity contribution in [2.24, 2.45) is 0 Å². The fraction of sp³-hybridized carbons (Fsp3) is 0.0625. The van der Waals surface area contributed by atoms with Gasteiger partial charge in [0.05, 0.1) is 0 Å². The second-order valence-electron chi connectivity index (χ2n) is 4.90. The summed E-state index contributed by atoms with van der Waals surface area (Å²) in [4.78, 5) is 11.7. The SMILES string of the molecule is CS(=O)c1ccc(-c2ccc(Oc3nn[nH]c3C(=O)O)cc2)cc1. The summed E-state index contributed by atoms with van der Waals surface area (Å²) in [5, 5.41) is 18.3. The molecule has 1 aromatic heterocycles. The third kappa shape index (κ3) is 3.33. The maximum atomic E-state index is 11.4. The van der Waals surface area contributed by atoms with E-state index in [4.69, 9.17) is 9.84 Å². The first-order valence-corrected chi connectivity index (χ1v) is 8.46. The highest BCUT2D eigenvalue weighted by atomic mass is 32.2. The summed E-state index contributed by atoms with van der Waals surface area (Å²) in [6.07, 6.45) is 1.64. The fourth-order valence-electron chi connectivity index (χ4n) is 2.10. The van der Waals surface area contributed by atoms with E-state index in [1.807, 2.05) is 36.4 Å². The number of aromatic nitrogens is 3. The lowest BCUT2D eigenvalue weighted by molar-refractivity contribution is 0.0687. The van der Waals surface area contributed by atoms with Gasteiger partial charge in [-0.1, -0.05) is 34.6 Å². The van der Waals surface area contributed by atoms with Crippen molar-refractivity contribution >= 4 is 16.8 Å². The Balaban J connectivity index is 1.79. The van der Waals surface area contributed by atoms with E-state index in [1.54, 1.807) is 18.4 Å². The van der Waals surface area contributed by atoms with Gasteiger partial charge in [0.15, 0.2) is 0 Å². The molecule has 3 rings (SSSR count). The Morgan fingerprint density at radius 1 is 1.08 bits per heavy atom. The zero-order valence-corrected chi connectivity index (χ0v) is 13.4. The fourth-order valence-corrected chi connectivity index (χ4v) is 2.61. The van der Waals surface area contributed by atoms with Crippen LogP contribution in [-0.2, 0) is 10.8 Å². The van der Waals surface area contributed by atoms with Crippen molar-refractivity contribution in [3.8, 4) is 22.8 Å². The Morgan fingerprint density at radius 2 is 1.67 bits per heavy atom. The molecule has 0 amide bonds. The van der Waals surface area contributed by atoms with Crippen molar-refractivity contribution < 1.29 is 18.8 Å². The van der Waals surface area contributed by atoms with E-state index in [1.165, 1.54) is 0 Å². The molecule has 122 valence electrons. The summed E-state index contributed by atoms with van der Waals surface area (Å²) < 4.78 is 16.8. The van der Waals surface area contributed by atoms with Crippen LogP contribution in [0.1, 0.15) is 10.5 Å². The van der Waals surface area contributed by atoms with Crippen molar-refractivity contribution in [3.63, 3.8) is 0 Å². The molecule has 3 aromatic rings. The molecule has 1 heterocycles. The minimum absolute atomic E-state index is 0.0926. The average molecular weight is 343 g/mol. The van der Waals surface area contributed by atoms with E-state index in [0.29, 0.717) is 5.75 Å². The summed E-state index contributed by atoms with van der Waals surface area (Å²) in [7, 11) is -1.01. The van der Waals surface area contributed by atoms with Crippen LogP contribution in [0.4, 0.5) is 0 Å². The summed E-state index contributed by atoms with van der Waals surface area (Å²) in [5.41, 5.74) is 1.72. The van der Waals surface area contributed by atoms with Gasteiger partial charge in [-0.3, -0.25) is 4.21 Å². The zero-order chi connectivity index (χ0) is 17.1. The first kappa shape index (κ1) is 15.9. The lowest BCUT2D eigenvalue weighted by Crippen LogP contribution is -1.99. The van der Waals surface area contributed by atoms with Crippen molar-refractivity contribution in [1.82, 2.24) is 15.4 Å². The minimum Gasteiger partial charge on any atom is -0.476 e. The number of aromatic amines is 1. The van der Waals surface area contributed by atoms with Crippen LogP contribution in [-0.4, -0.2) is 37.0 Å². The second-order valence-corrected chi connectivity index (χ2v) is 6.28. The molecule has 0 bridgehead atoms. The molecule has 0 fully saturated rings. The van der Waals surface area contributed by atoms with Gasteiger partial charge < -0.3 is 9.84 Å². The number of carbonyl (C=O) groups is 1. The van der Waals surface area contributed by atoms with Crippen molar-refractivity contribution in [1.29, 1.82) is 0 Å². The molecule has 0 aliphatic rings. The quantitative estimate of drug-likeness (QED) is 0.738. The van der Waals surface area contributed by atoms with Gasteiger partial charge in [-0.2, -0.15) is 0 Å². The number of hydrogen-bond donors (Lipinski definition) is 2. The number of carboxylic acid groups (broad SMARTS) is 1. The highest BCUT2D eigenvalue weighted by Gasteiger charge is 2.16. The lowest BCUT2D eigenvalue weighted by atomic mass is 10.1. The molecule has 1 unspecified atom stereocenters. The van der Waals surface area contributed by atoms with Crippen molar-refractivity contribution in [2.45, 2.75) is 4.90 Å². The average Bonchev–Trinajstić information content (AvgIpc) is 3.04. The topological polar surface area (TPSA) is 105 Å². The first-order chi connectivity index (χ1) is 11.5. The number of nitrogens with zero attached hydrogens (tertiary/aromatic N) is 2. The molecule has 0 aliphatic carbocycles. The Bertz CT molecular complexity index is 888. The van der Waals surface area contributed by atoms with Gasteiger partial charge in [0.25, 0.3) is 5.88 Å². The Morgan fingerprint density at radius 3 is 2.21 bits per heavy atom. The Labute approximate surface area is 139 Å². The van der Waals surface area contributed by atoms with Gasteiger partial charge in [-0.15, -0.1) is 0 Å². The van der Waals surface area contributed by atoms with Crippen LogP contribution < -0.4 is 4.74 Å². The van der Waals surface area contributed by atoms with Gasteiger partial charge in [0.2, 0.25) is 5.69 Å². The van der Waals surface area contributed by atoms with E-state index in [-0.39, 0.29) is 11.6 Å². The van der Waals surface area contributed by atoms with Crippen LogP contribution in [0.3, 0.4) is 0 Å². The molecular weight excluding hydrogens is 330 g/mol. The van der Waals surface area contributed by atoms with Gasteiger partial charge in [-0.05, 0) is 35.4 Å². The third-order valence-electron chi connectivity index (χ3n) is 3.32. The van der Waals surface area contributed by atoms with Gasteiger partial charge in [0, 0.05) is 22.0 Å². The molecule has 0 saturated heterocycles. The summed E-state index contributed by atoms with van der Waals surface area (Å²) in [5.74, 6) is -0.841. The van der Waals surface area contributed by atoms with E-state index in [0.717, 1.165) is 16.0 Å². The number of hydrogen-bond acceptors (Lipinski definition) is 5. The van der Waals surface area contributed by atoms with Crippen molar-refractivity contribution in [3.05, 3.63) is 54.2 Å². The predicted octanol–water partition coefficient (Wildman–Crippen LogP) is 2.70. The van der Waals surface area contributed by atoms with Crippen LogP contribution in [0.2, 0.25) is 0 Å². The number of aromatic carboxylic acids is 1. The lowest BCUT2D eigenvalue weighted by Gasteiger charge is -2.06. The Hall–Kier alpha value is -3.00. The molecule has 8 heteroatoms. The monoisotopic (exact) mass is 343 g/mol. The molecular formula is C16H13N3O4S. The molecule has 24 heavy (non-hydrogen) atoms. The number of rotatable bonds is 5. The highest BCUT2D eigenvalue weighted by Crippen LogP contribution is 2.26. The maximum Gasteiger partial charge on any atom is 0.359 e. The summed E-state index contributed by atoms with van der Waals surface area (Å²) >= 11 is 0. The molecule has 2 aromatic carbocycles. The van der Waals surface area contributed by atoms with Gasteiger partial charge in [-0.25, -0.2) is 9.89 Å².